The van der Waals surface area contributed by atoms with E-state index in [4.69, 9.17) is 28.4 Å². The Hall–Kier alpha value is -3.09. The Labute approximate surface area is 187 Å². The average Bonchev–Trinajstić information content (AvgIpc) is 3.40. The maximum absolute atomic E-state index is 13.1. The fraction of sp³-hybridized carbons (Fsp3) is 0.480. The molecule has 0 amide bonds. The molecule has 4 atom stereocenters. The number of methoxy groups -OCH3 is 3. The smallest absolute Gasteiger partial charge is 0.310 e. The van der Waals surface area contributed by atoms with Crippen LogP contribution in [0.1, 0.15) is 42.4 Å². The number of esters is 1. The Morgan fingerprint density at radius 1 is 0.875 bits per heavy atom. The molecule has 3 aliphatic rings. The number of hydrogen-bond donors (Lipinski definition) is 0. The highest BCUT2D eigenvalue weighted by atomic mass is 16.7. The van der Waals surface area contributed by atoms with E-state index in [1.165, 1.54) is 5.56 Å². The molecule has 0 aromatic heterocycles. The number of carbonyl (C=O) groups excluding carboxylic acids is 1. The summed E-state index contributed by atoms with van der Waals surface area (Å²) in [7, 11) is 4.76. The Morgan fingerprint density at radius 2 is 1.50 bits per heavy atom. The minimum Gasteiger partial charge on any atom is -0.493 e. The summed E-state index contributed by atoms with van der Waals surface area (Å²) in [4.78, 5) is 13.1. The molecular weight excluding hydrogens is 412 g/mol. The van der Waals surface area contributed by atoms with Crippen molar-refractivity contribution in [3.63, 3.8) is 0 Å². The van der Waals surface area contributed by atoms with E-state index in [9.17, 15) is 4.79 Å². The molecule has 2 aromatic rings. The van der Waals surface area contributed by atoms with Crippen LogP contribution in [0, 0.1) is 17.8 Å². The SMILES string of the molecule is COc1cc([C@@H]2c3cc4c(cc3[C@H](C(C)C)[C@H]3COC(=O)[C@H]23)OCO4)cc(OC)c1OC. The van der Waals surface area contributed by atoms with Crippen LogP contribution in [0.25, 0.3) is 0 Å². The van der Waals surface area contributed by atoms with Crippen LogP contribution in [0.2, 0.25) is 0 Å². The van der Waals surface area contributed by atoms with E-state index in [1.807, 2.05) is 18.2 Å². The first-order chi connectivity index (χ1) is 15.5. The van der Waals surface area contributed by atoms with Crippen molar-refractivity contribution in [2.75, 3.05) is 34.7 Å². The van der Waals surface area contributed by atoms with Gasteiger partial charge in [0.2, 0.25) is 12.5 Å². The van der Waals surface area contributed by atoms with Crippen LogP contribution < -0.4 is 23.7 Å². The largest absolute Gasteiger partial charge is 0.493 e. The van der Waals surface area contributed by atoms with Crippen LogP contribution in [0.4, 0.5) is 0 Å². The fourth-order valence-electron chi connectivity index (χ4n) is 5.74. The molecule has 7 heteroatoms. The van der Waals surface area contributed by atoms with Gasteiger partial charge in [-0.2, -0.15) is 0 Å². The minimum absolute atomic E-state index is 0.0689. The van der Waals surface area contributed by atoms with Crippen LogP contribution in [0.15, 0.2) is 24.3 Å². The summed E-state index contributed by atoms with van der Waals surface area (Å²) in [5.74, 6) is 2.95. The lowest BCUT2D eigenvalue weighted by Gasteiger charge is -2.41. The molecule has 0 N–H and O–H groups in total. The first-order valence-electron chi connectivity index (χ1n) is 10.9. The van der Waals surface area contributed by atoms with Crippen LogP contribution >= 0.6 is 0 Å². The van der Waals surface area contributed by atoms with Gasteiger partial charge in [-0.05, 0) is 52.8 Å². The van der Waals surface area contributed by atoms with Crippen LogP contribution in [-0.4, -0.2) is 40.7 Å². The molecule has 1 aliphatic carbocycles. The maximum atomic E-state index is 13.1. The first kappa shape index (κ1) is 20.8. The zero-order valence-electron chi connectivity index (χ0n) is 19.0. The molecule has 0 saturated carbocycles. The molecule has 0 spiro atoms. The topological polar surface area (TPSA) is 72.5 Å². The van der Waals surface area contributed by atoms with Crippen molar-refractivity contribution in [1.82, 2.24) is 0 Å². The summed E-state index contributed by atoms with van der Waals surface area (Å²) < 4.78 is 33.7. The third-order valence-electron chi connectivity index (χ3n) is 7.01. The summed E-state index contributed by atoms with van der Waals surface area (Å²) in [6, 6.07) is 7.98. The fourth-order valence-corrected chi connectivity index (χ4v) is 5.74. The molecule has 0 bridgehead atoms. The van der Waals surface area contributed by atoms with Crippen LogP contribution in [-0.2, 0) is 9.53 Å². The monoisotopic (exact) mass is 440 g/mol. The van der Waals surface area contributed by atoms with E-state index in [2.05, 4.69) is 19.9 Å². The van der Waals surface area contributed by atoms with Gasteiger partial charge >= 0.3 is 5.97 Å². The highest BCUT2D eigenvalue weighted by Crippen LogP contribution is 2.57. The molecule has 170 valence electrons. The van der Waals surface area contributed by atoms with Gasteiger partial charge in [-0.1, -0.05) is 13.8 Å². The van der Waals surface area contributed by atoms with Gasteiger partial charge in [-0.25, -0.2) is 0 Å². The molecule has 2 aromatic carbocycles. The van der Waals surface area contributed by atoms with Gasteiger partial charge in [-0.15, -0.1) is 0 Å². The highest BCUT2D eigenvalue weighted by molar-refractivity contribution is 5.79. The van der Waals surface area contributed by atoms with Gasteiger partial charge in [0.15, 0.2) is 23.0 Å². The molecule has 2 aliphatic heterocycles. The number of carbonyl (C=O) groups is 1. The minimum atomic E-state index is -0.307. The zero-order valence-corrected chi connectivity index (χ0v) is 19.0. The summed E-state index contributed by atoms with van der Waals surface area (Å²) in [6.07, 6.45) is 0. The van der Waals surface area contributed by atoms with Gasteiger partial charge in [0.25, 0.3) is 0 Å². The van der Waals surface area contributed by atoms with Crippen molar-refractivity contribution >= 4 is 5.97 Å². The van der Waals surface area contributed by atoms with E-state index in [-0.39, 0.29) is 36.4 Å². The standard InChI is InChI=1S/C25H28O7/c1-12(2)21-14-8-17-18(32-11-31-17)9-15(14)22(23-16(21)10-30-25(23)26)13-6-19(27-3)24(29-5)20(7-13)28-4/h6-9,12,16,21-23H,10-11H2,1-5H3/t16-,21+,22-,23+/m1/s1. The van der Waals surface area contributed by atoms with Gasteiger partial charge in [0, 0.05) is 11.8 Å². The summed E-state index contributed by atoms with van der Waals surface area (Å²) in [6.45, 7) is 5.01. The lowest BCUT2D eigenvalue weighted by atomic mass is 9.60. The van der Waals surface area contributed by atoms with Crippen molar-refractivity contribution in [2.24, 2.45) is 17.8 Å². The third-order valence-corrected chi connectivity index (χ3v) is 7.01. The van der Waals surface area contributed by atoms with Crippen molar-refractivity contribution < 1.29 is 33.2 Å². The molecule has 1 fully saturated rings. The Morgan fingerprint density at radius 3 is 2.06 bits per heavy atom. The van der Waals surface area contributed by atoms with E-state index in [1.54, 1.807) is 21.3 Å². The Bertz CT molecular complexity index is 1040. The van der Waals surface area contributed by atoms with Crippen LogP contribution in [0.5, 0.6) is 28.7 Å². The van der Waals surface area contributed by atoms with E-state index < -0.39 is 0 Å². The van der Waals surface area contributed by atoms with Gasteiger partial charge in [-0.3, -0.25) is 4.79 Å². The van der Waals surface area contributed by atoms with E-state index >= 15 is 0 Å². The quantitative estimate of drug-likeness (QED) is 0.648. The number of rotatable bonds is 5. The van der Waals surface area contributed by atoms with Crippen molar-refractivity contribution in [3.8, 4) is 28.7 Å². The van der Waals surface area contributed by atoms with Gasteiger partial charge in [0.05, 0.1) is 33.9 Å². The van der Waals surface area contributed by atoms with Gasteiger partial charge in [0.1, 0.15) is 0 Å². The van der Waals surface area contributed by atoms with E-state index in [0.717, 1.165) is 16.9 Å². The number of hydrogen-bond acceptors (Lipinski definition) is 7. The molecule has 1 saturated heterocycles. The predicted octanol–water partition coefficient (Wildman–Crippen LogP) is 4.12. The Balaban J connectivity index is 1.76. The van der Waals surface area contributed by atoms with Crippen molar-refractivity contribution in [2.45, 2.75) is 25.7 Å². The summed E-state index contributed by atoms with van der Waals surface area (Å²) >= 11 is 0. The molecule has 0 unspecified atom stereocenters. The van der Waals surface area contributed by atoms with E-state index in [0.29, 0.717) is 35.5 Å². The second kappa shape index (κ2) is 7.80. The Kier molecular flexibility index (Phi) is 5.07. The molecular formula is C25H28O7. The maximum Gasteiger partial charge on any atom is 0.310 e. The predicted molar refractivity (Wildman–Crippen MR) is 116 cm³/mol. The normalized spacial score (nSPS) is 25.2. The van der Waals surface area contributed by atoms with Crippen molar-refractivity contribution in [1.29, 1.82) is 0 Å². The van der Waals surface area contributed by atoms with Crippen molar-refractivity contribution in [3.05, 3.63) is 41.0 Å². The molecule has 2 heterocycles. The van der Waals surface area contributed by atoms with Gasteiger partial charge < -0.3 is 28.4 Å². The number of fused-ring (bicyclic) bond motifs is 3. The number of benzene rings is 2. The number of cyclic esters (lactones) is 1. The molecule has 32 heavy (non-hydrogen) atoms. The lowest BCUT2D eigenvalue weighted by Crippen LogP contribution is -2.36. The third kappa shape index (κ3) is 2.98. The molecule has 0 radical (unpaired) electrons. The summed E-state index contributed by atoms with van der Waals surface area (Å²) in [5.41, 5.74) is 3.15. The molecule has 5 rings (SSSR count). The second-order valence-corrected chi connectivity index (χ2v) is 8.86. The average molecular weight is 440 g/mol. The lowest BCUT2D eigenvalue weighted by molar-refractivity contribution is -0.141. The number of ether oxygens (including phenoxy) is 6. The second-order valence-electron chi connectivity index (χ2n) is 8.86. The zero-order chi connectivity index (χ0) is 22.6. The molecule has 7 nitrogen and oxygen atoms in total. The first-order valence-corrected chi connectivity index (χ1v) is 10.9. The highest BCUT2D eigenvalue weighted by Gasteiger charge is 2.53. The summed E-state index contributed by atoms with van der Waals surface area (Å²) in [5, 5.41) is 0. The van der Waals surface area contributed by atoms with Crippen LogP contribution in [0.3, 0.4) is 0 Å².